The molecule has 0 aliphatic heterocycles. The number of hydrogen-bond donors (Lipinski definition) is 1. The molecule has 5 heteroatoms. The summed E-state index contributed by atoms with van der Waals surface area (Å²) in [5.41, 5.74) is 2.46. The zero-order chi connectivity index (χ0) is 13.2. The van der Waals surface area contributed by atoms with Crippen LogP contribution in [0.5, 0.6) is 0 Å². The molecular weight excluding hydrogens is 242 g/mol. The normalized spacial score (nSPS) is 10.7. The monoisotopic (exact) mass is 253 g/mol. The molecule has 2 heterocycles. The SMILES string of the molecule is O=C(O)c1ccc2nn(Cc3ccccc3)cc2n1. The fourth-order valence-corrected chi connectivity index (χ4v) is 1.93. The van der Waals surface area contributed by atoms with E-state index in [1.165, 1.54) is 6.07 Å². The maximum absolute atomic E-state index is 10.9. The van der Waals surface area contributed by atoms with Gasteiger partial charge in [0.05, 0.1) is 12.7 Å². The van der Waals surface area contributed by atoms with Gasteiger partial charge >= 0.3 is 5.97 Å². The van der Waals surface area contributed by atoms with Gasteiger partial charge in [0.1, 0.15) is 16.7 Å². The predicted molar refractivity (Wildman–Crippen MR) is 70.0 cm³/mol. The maximum atomic E-state index is 10.9. The van der Waals surface area contributed by atoms with E-state index in [0.29, 0.717) is 17.6 Å². The highest BCUT2D eigenvalue weighted by atomic mass is 16.4. The molecular formula is C14H11N3O2. The van der Waals surface area contributed by atoms with E-state index >= 15 is 0 Å². The van der Waals surface area contributed by atoms with Crippen molar-refractivity contribution in [1.82, 2.24) is 14.8 Å². The van der Waals surface area contributed by atoms with E-state index in [9.17, 15) is 4.79 Å². The van der Waals surface area contributed by atoms with Crippen molar-refractivity contribution in [2.24, 2.45) is 0 Å². The van der Waals surface area contributed by atoms with Crippen LogP contribution in [0.15, 0.2) is 48.7 Å². The quantitative estimate of drug-likeness (QED) is 0.776. The number of pyridine rings is 1. The van der Waals surface area contributed by atoms with Gasteiger partial charge in [0, 0.05) is 0 Å². The highest BCUT2D eigenvalue weighted by Crippen LogP contribution is 2.12. The van der Waals surface area contributed by atoms with Crippen molar-refractivity contribution in [3.05, 3.63) is 59.9 Å². The van der Waals surface area contributed by atoms with Gasteiger partial charge in [-0.15, -0.1) is 0 Å². The number of carbonyl (C=O) groups is 1. The van der Waals surface area contributed by atoms with Crippen LogP contribution in [-0.2, 0) is 6.54 Å². The van der Waals surface area contributed by atoms with Crippen molar-refractivity contribution in [1.29, 1.82) is 0 Å². The number of rotatable bonds is 3. The first-order valence-corrected chi connectivity index (χ1v) is 5.84. The molecule has 0 fully saturated rings. The number of fused-ring (bicyclic) bond motifs is 1. The van der Waals surface area contributed by atoms with Gasteiger partial charge in [0.25, 0.3) is 0 Å². The van der Waals surface area contributed by atoms with Crippen molar-refractivity contribution < 1.29 is 9.90 Å². The summed E-state index contributed by atoms with van der Waals surface area (Å²) in [6.07, 6.45) is 1.76. The van der Waals surface area contributed by atoms with Gasteiger partial charge in [-0.2, -0.15) is 5.10 Å². The van der Waals surface area contributed by atoms with Gasteiger partial charge in [-0.05, 0) is 17.7 Å². The Morgan fingerprint density at radius 2 is 1.89 bits per heavy atom. The largest absolute Gasteiger partial charge is 0.477 e. The first-order valence-electron chi connectivity index (χ1n) is 5.84. The Morgan fingerprint density at radius 3 is 2.63 bits per heavy atom. The second-order valence-electron chi connectivity index (χ2n) is 4.22. The number of aromatic nitrogens is 3. The smallest absolute Gasteiger partial charge is 0.354 e. The van der Waals surface area contributed by atoms with Gasteiger partial charge in [-0.3, -0.25) is 4.68 Å². The number of carboxylic acids is 1. The summed E-state index contributed by atoms with van der Waals surface area (Å²) in [5.74, 6) is -1.03. The molecule has 0 atom stereocenters. The maximum Gasteiger partial charge on any atom is 0.354 e. The van der Waals surface area contributed by atoms with E-state index in [2.05, 4.69) is 10.1 Å². The van der Waals surface area contributed by atoms with E-state index < -0.39 is 5.97 Å². The molecule has 3 aromatic rings. The van der Waals surface area contributed by atoms with Crippen molar-refractivity contribution in [2.75, 3.05) is 0 Å². The van der Waals surface area contributed by atoms with Crippen LogP contribution >= 0.6 is 0 Å². The first kappa shape index (κ1) is 11.4. The van der Waals surface area contributed by atoms with Gasteiger partial charge < -0.3 is 5.11 Å². The molecule has 0 bridgehead atoms. The lowest BCUT2D eigenvalue weighted by Crippen LogP contribution is -1.99. The molecule has 2 aromatic heterocycles. The van der Waals surface area contributed by atoms with Crippen LogP contribution in [0.3, 0.4) is 0 Å². The number of aromatic carboxylic acids is 1. The first-order chi connectivity index (χ1) is 9.22. The predicted octanol–water partition coefficient (Wildman–Crippen LogP) is 2.18. The Morgan fingerprint density at radius 1 is 1.11 bits per heavy atom. The topological polar surface area (TPSA) is 68.0 Å². The van der Waals surface area contributed by atoms with Gasteiger partial charge in [0.2, 0.25) is 0 Å². The fourth-order valence-electron chi connectivity index (χ4n) is 1.93. The third kappa shape index (κ3) is 2.30. The highest BCUT2D eigenvalue weighted by Gasteiger charge is 2.08. The van der Waals surface area contributed by atoms with Crippen molar-refractivity contribution >= 4 is 17.0 Å². The van der Waals surface area contributed by atoms with Crippen LogP contribution in [0.2, 0.25) is 0 Å². The minimum Gasteiger partial charge on any atom is -0.477 e. The van der Waals surface area contributed by atoms with Crippen LogP contribution in [0.4, 0.5) is 0 Å². The minimum atomic E-state index is -1.03. The molecule has 5 nitrogen and oxygen atoms in total. The number of hydrogen-bond acceptors (Lipinski definition) is 3. The fraction of sp³-hybridized carbons (Fsp3) is 0.0714. The molecule has 0 radical (unpaired) electrons. The summed E-state index contributed by atoms with van der Waals surface area (Å²) >= 11 is 0. The Bertz CT molecular complexity index is 735. The Labute approximate surface area is 109 Å². The molecule has 0 aliphatic carbocycles. The number of nitrogens with zero attached hydrogens (tertiary/aromatic N) is 3. The Balaban J connectivity index is 1.95. The van der Waals surface area contributed by atoms with Gasteiger partial charge in [-0.1, -0.05) is 30.3 Å². The van der Waals surface area contributed by atoms with Crippen LogP contribution in [0.25, 0.3) is 11.0 Å². The molecule has 0 saturated heterocycles. The van der Waals surface area contributed by atoms with E-state index in [1.807, 2.05) is 30.3 Å². The van der Waals surface area contributed by atoms with Crippen LogP contribution < -0.4 is 0 Å². The second-order valence-corrected chi connectivity index (χ2v) is 4.22. The lowest BCUT2D eigenvalue weighted by molar-refractivity contribution is 0.0691. The molecule has 0 saturated carbocycles. The molecule has 1 N–H and O–H groups in total. The minimum absolute atomic E-state index is 0.0340. The zero-order valence-corrected chi connectivity index (χ0v) is 10.0. The molecule has 0 unspecified atom stereocenters. The molecule has 0 amide bonds. The Kier molecular flexibility index (Phi) is 2.72. The van der Waals surface area contributed by atoms with E-state index in [1.54, 1.807) is 16.9 Å². The van der Waals surface area contributed by atoms with Crippen LogP contribution in [0.1, 0.15) is 16.1 Å². The second kappa shape index (κ2) is 4.53. The molecule has 19 heavy (non-hydrogen) atoms. The summed E-state index contributed by atoms with van der Waals surface area (Å²) in [4.78, 5) is 14.9. The zero-order valence-electron chi connectivity index (χ0n) is 10.0. The van der Waals surface area contributed by atoms with Crippen LogP contribution in [0, 0.1) is 0 Å². The van der Waals surface area contributed by atoms with Gasteiger partial charge in [-0.25, -0.2) is 9.78 Å². The lowest BCUT2D eigenvalue weighted by Gasteiger charge is -1.99. The number of benzene rings is 1. The Hall–Kier alpha value is -2.69. The van der Waals surface area contributed by atoms with E-state index in [-0.39, 0.29) is 5.69 Å². The van der Waals surface area contributed by atoms with Crippen molar-refractivity contribution in [3.8, 4) is 0 Å². The average Bonchev–Trinajstić information content (AvgIpc) is 2.80. The lowest BCUT2D eigenvalue weighted by atomic mass is 10.2. The van der Waals surface area contributed by atoms with Crippen molar-refractivity contribution in [3.63, 3.8) is 0 Å². The molecule has 0 aliphatic rings. The van der Waals surface area contributed by atoms with Gasteiger partial charge in [0.15, 0.2) is 0 Å². The summed E-state index contributed by atoms with van der Waals surface area (Å²) in [5, 5.41) is 13.3. The number of carboxylic acid groups (broad SMARTS) is 1. The summed E-state index contributed by atoms with van der Waals surface area (Å²) in [6.45, 7) is 0.638. The summed E-state index contributed by atoms with van der Waals surface area (Å²) < 4.78 is 1.76. The average molecular weight is 253 g/mol. The standard InChI is InChI=1S/C14H11N3O2/c18-14(19)12-7-6-11-13(15-12)9-17(16-11)8-10-4-2-1-3-5-10/h1-7,9H,8H2,(H,18,19). The van der Waals surface area contributed by atoms with Crippen LogP contribution in [-0.4, -0.2) is 25.8 Å². The molecule has 1 aromatic carbocycles. The third-order valence-electron chi connectivity index (χ3n) is 2.82. The molecule has 3 rings (SSSR count). The highest BCUT2D eigenvalue weighted by molar-refractivity contribution is 5.88. The van der Waals surface area contributed by atoms with Crippen molar-refractivity contribution in [2.45, 2.75) is 6.54 Å². The summed E-state index contributed by atoms with van der Waals surface area (Å²) in [7, 11) is 0. The van der Waals surface area contributed by atoms with E-state index in [0.717, 1.165) is 5.56 Å². The molecule has 94 valence electrons. The summed E-state index contributed by atoms with van der Waals surface area (Å²) in [6, 6.07) is 13.1. The van der Waals surface area contributed by atoms with E-state index in [4.69, 9.17) is 5.11 Å². The molecule has 0 spiro atoms. The third-order valence-corrected chi connectivity index (χ3v) is 2.82.